The Bertz CT molecular complexity index is 1190. The fraction of sp³-hybridized carbons (Fsp3) is 0.385. The lowest BCUT2D eigenvalue weighted by atomic mass is 10.1. The first-order chi connectivity index (χ1) is 17.6. The molecule has 0 radical (unpaired) electrons. The lowest BCUT2D eigenvalue weighted by Crippen LogP contribution is -2.29. The molecule has 0 aliphatic carbocycles. The molecular weight excluding hydrogens is 518 g/mol. The van der Waals surface area contributed by atoms with Gasteiger partial charge in [0, 0.05) is 47.3 Å². The van der Waals surface area contributed by atoms with Gasteiger partial charge < -0.3 is 19.7 Å². The molecule has 0 atom stereocenters. The SMILES string of the molecule is COc1ccc(COc2c(F)cc(NC(=O)c3csc(N4CCCCC4)n3)cc2C2SCCS2)cc1. The molecule has 2 fully saturated rings. The molecule has 0 spiro atoms. The highest BCUT2D eigenvalue weighted by atomic mass is 32.2. The molecule has 2 saturated heterocycles. The standard InChI is InChI=1S/C26H28FN3O3S3/c1-32-19-7-5-17(6-8-19)15-33-23-20(25-34-11-12-35-25)13-18(14-21(23)27)28-24(31)22-16-36-26(29-22)30-9-3-2-4-10-30/h5-8,13-14,16,25H,2-4,9-12,15H2,1H3,(H,28,31). The van der Waals surface area contributed by atoms with Gasteiger partial charge in [-0.05, 0) is 43.0 Å². The second-order valence-corrected chi connectivity index (χ2v) is 12.2. The molecule has 190 valence electrons. The van der Waals surface area contributed by atoms with Gasteiger partial charge in [-0.3, -0.25) is 4.79 Å². The second kappa shape index (κ2) is 11.7. The number of carbonyl (C=O) groups is 1. The number of halogens is 1. The number of thiazole rings is 1. The van der Waals surface area contributed by atoms with E-state index in [1.807, 2.05) is 30.3 Å². The highest BCUT2D eigenvalue weighted by molar-refractivity contribution is 8.19. The van der Waals surface area contributed by atoms with Gasteiger partial charge in [0.1, 0.15) is 18.1 Å². The number of benzene rings is 2. The molecule has 0 bridgehead atoms. The number of nitrogens with one attached hydrogen (secondary N) is 1. The van der Waals surface area contributed by atoms with E-state index in [-0.39, 0.29) is 22.8 Å². The van der Waals surface area contributed by atoms with Gasteiger partial charge in [-0.2, -0.15) is 0 Å². The monoisotopic (exact) mass is 545 g/mol. The highest BCUT2D eigenvalue weighted by Gasteiger charge is 2.26. The summed E-state index contributed by atoms with van der Waals surface area (Å²) in [5, 5.41) is 5.49. The average Bonchev–Trinajstić information content (AvgIpc) is 3.62. The molecule has 10 heteroatoms. The number of carbonyl (C=O) groups excluding carboxylic acids is 1. The maximum Gasteiger partial charge on any atom is 0.275 e. The highest BCUT2D eigenvalue weighted by Crippen LogP contribution is 2.49. The van der Waals surface area contributed by atoms with Gasteiger partial charge in [-0.1, -0.05) is 12.1 Å². The molecule has 0 saturated carbocycles. The van der Waals surface area contributed by atoms with E-state index < -0.39 is 5.82 Å². The third kappa shape index (κ3) is 5.92. The minimum absolute atomic E-state index is 0.0483. The lowest BCUT2D eigenvalue weighted by molar-refractivity contribution is 0.102. The van der Waals surface area contributed by atoms with Crippen molar-refractivity contribution < 1.29 is 18.7 Å². The largest absolute Gasteiger partial charge is 0.497 e. The van der Waals surface area contributed by atoms with Gasteiger partial charge in [-0.25, -0.2) is 9.37 Å². The molecule has 6 nitrogen and oxygen atoms in total. The van der Waals surface area contributed by atoms with Crippen LogP contribution in [0, 0.1) is 5.82 Å². The van der Waals surface area contributed by atoms with Crippen molar-refractivity contribution >= 4 is 51.6 Å². The number of anilines is 2. The van der Waals surface area contributed by atoms with E-state index >= 15 is 4.39 Å². The van der Waals surface area contributed by atoms with Gasteiger partial charge >= 0.3 is 0 Å². The summed E-state index contributed by atoms with van der Waals surface area (Å²) >= 11 is 4.99. The number of rotatable bonds is 8. The van der Waals surface area contributed by atoms with E-state index in [9.17, 15) is 4.79 Å². The Labute approximate surface area is 223 Å². The molecule has 5 rings (SSSR count). The Morgan fingerprint density at radius 3 is 2.61 bits per heavy atom. The molecule has 2 aliphatic rings. The number of piperidine rings is 1. The Kier molecular flexibility index (Phi) is 8.23. The van der Waals surface area contributed by atoms with Gasteiger partial charge in [0.25, 0.3) is 5.91 Å². The Morgan fingerprint density at radius 1 is 1.14 bits per heavy atom. The van der Waals surface area contributed by atoms with E-state index in [1.165, 1.54) is 23.8 Å². The smallest absolute Gasteiger partial charge is 0.275 e. The zero-order chi connectivity index (χ0) is 24.9. The van der Waals surface area contributed by atoms with E-state index in [0.29, 0.717) is 11.4 Å². The van der Waals surface area contributed by atoms with Crippen LogP contribution in [0.5, 0.6) is 11.5 Å². The fourth-order valence-corrected chi connectivity index (χ4v) is 7.95. The lowest BCUT2D eigenvalue weighted by Gasteiger charge is -2.25. The van der Waals surface area contributed by atoms with Crippen LogP contribution < -0.4 is 19.7 Å². The zero-order valence-corrected chi connectivity index (χ0v) is 22.4. The van der Waals surface area contributed by atoms with E-state index in [2.05, 4.69) is 15.2 Å². The molecule has 1 aromatic heterocycles. The molecule has 3 aromatic rings. The summed E-state index contributed by atoms with van der Waals surface area (Å²) in [6.45, 7) is 2.18. The van der Waals surface area contributed by atoms with Crippen molar-refractivity contribution in [3.63, 3.8) is 0 Å². The fourth-order valence-electron chi connectivity index (χ4n) is 4.22. The third-order valence-corrected chi connectivity index (χ3v) is 10.1. The van der Waals surface area contributed by atoms with Crippen LogP contribution in [0.1, 0.15) is 45.5 Å². The van der Waals surface area contributed by atoms with Crippen molar-refractivity contribution in [1.29, 1.82) is 0 Å². The van der Waals surface area contributed by atoms with Crippen LogP contribution in [0.3, 0.4) is 0 Å². The van der Waals surface area contributed by atoms with E-state index in [1.54, 1.807) is 36.0 Å². The number of aromatic nitrogens is 1. The number of ether oxygens (including phenoxy) is 2. The molecule has 1 N–H and O–H groups in total. The van der Waals surface area contributed by atoms with Crippen LogP contribution in [-0.4, -0.2) is 42.6 Å². The first-order valence-electron chi connectivity index (χ1n) is 11.9. The Balaban J connectivity index is 1.33. The number of nitrogens with zero attached hydrogens (tertiary/aromatic N) is 2. The van der Waals surface area contributed by atoms with Crippen LogP contribution >= 0.6 is 34.9 Å². The first-order valence-corrected chi connectivity index (χ1v) is 14.9. The van der Waals surface area contributed by atoms with Crippen molar-refractivity contribution in [2.24, 2.45) is 0 Å². The molecule has 0 unspecified atom stereocenters. The zero-order valence-electron chi connectivity index (χ0n) is 20.0. The van der Waals surface area contributed by atoms with Crippen molar-refractivity contribution in [3.8, 4) is 11.5 Å². The van der Waals surface area contributed by atoms with E-state index in [0.717, 1.165) is 59.4 Å². The van der Waals surface area contributed by atoms with Crippen LogP contribution in [0.15, 0.2) is 41.8 Å². The van der Waals surface area contributed by atoms with Crippen molar-refractivity contribution in [2.45, 2.75) is 30.5 Å². The molecule has 36 heavy (non-hydrogen) atoms. The predicted octanol–water partition coefficient (Wildman–Crippen LogP) is 6.59. The van der Waals surface area contributed by atoms with Crippen LogP contribution in [0.4, 0.5) is 15.2 Å². The predicted molar refractivity (Wildman–Crippen MR) is 148 cm³/mol. The van der Waals surface area contributed by atoms with Crippen LogP contribution in [0.2, 0.25) is 0 Å². The van der Waals surface area contributed by atoms with Crippen molar-refractivity contribution in [3.05, 3.63) is 64.4 Å². The summed E-state index contributed by atoms with van der Waals surface area (Å²) in [6.07, 6.45) is 3.53. The normalized spacial score (nSPS) is 16.2. The number of hydrogen-bond donors (Lipinski definition) is 1. The maximum atomic E-state index is 15.4. The van der Waals surface area contributed by atoms with Crippen LogP contribution in [0.25, 0.3) is 0 Å². The van der Waals surface area contributed by atoms with Crippen LogP contribution in [-0.2, 0) is 6.61 Å². The summed E-state index contributed by atoms with van der Waals surface area (Å²) in [5.74, 6) is 2.15. The molecule has 2 aliphatic heterocycles. The minimum Gasteiger partial charge on any atom is -0.497 e. The first kappa shape index (κ1) is 25.2. The van der Waals surface area contributed by atoms with Gasteiger partial charge in [-0.15, -0.1) is 34.9 Å². The number of thioether (sulfide) groups is 2. The Hall–Kier alpha value is -2.43. The quantitative estimate of drug-likeness (QED) is 0.343. The molecular formula is C26H28FN3O3S3. The Morgan fingerprint density at radius 2 is 1.89 bits per heavy atom. The topological polar surface area (TPSA) is 63.7 Å². The average molecular weight is 546 g/mol. The van der Waals surface area contributed by atoms with E-state index in [4.69, 9.17) is 9.47 Å². The number of hydrogen-bond acceptors (Lipinski definition) is 8. The minimum atomic E-state index is -0.489. The van der Waals surface area contributed by atoms with Crippen molar-refractivity contribution in [1.82, 2.24) is 4.98 Å². The third-order valence-electron chi connectivity index (χ3n) is 6.10. The second-order valence-electron chi connectivity index (χ2n) is 8.60. The maximum absolute atomic E-state index is 15.4. The van der Waals surface area contributed by atoms with Gasteiger partial charge in [0.05, 0.1) is 11.7 Å². The summed E-state index contributed by atoms with van der Waals surface area (Å²) in [5.41, 5.74) is 2.42. The molecule has 3 heterocycles. The number of methoxy groups -OCH3 is 1. The summed E-state index contributed by atoms with van der Waals surface area (Å²) in [7, 11) is 1.62. The summed E-state index contributed by atoms with van der Waals surface area (Å²) in [4.78, 5) is 19.7. The van der Waals surface area contributed by atoms with Gasteiger partial charge in [0.2, 0.25) is 0 Å². The van der Waals surface area contributed by atoms with Crippen molar-refractivity contribution in [2.75, 3.05) is 41.9 Å². The number of amides is 1. The summed E-state index contributed by atoms with van der Waals surface area (Å²) < 4.78 is 26.6. The molecule has 2 aromatic carbocycles. The van der Waals surface area contributed by atoms with Gasteiger partial charge in [0.15, 0.2) is 16.7 Å². The summed E-state index contributed by atoms with van der Waals surface area (Å²) in [6, 6.07) is 10.7. The molecule has 1 amide bonds.